The third kappa shape index (κ3) is 2.04. The van der Waals surface area contributed by atoms with Gasteiger partial charge in [0.1, 0.15) is 5.60 Å². The highest BCUT2D eigenvalue weighted by Gasteiger charge is 2.38. The lowest BCUT2D eigenvalue weighted by Crippen LogP contribution is -2.46. The van der Waals surface area contributed by atoms with E-state index < -0.39 is 5.60 Å². The van der Waals surface area contributed by atoms with Crippen LogP contribution in [0, 0.1) is 6.07 Å². The van der Waals surface area contributed by atoms with E-state index in [1.54, 1.807) is 0 Å². The molecule has 1 aromatic rings. The first kappa shape index (κ1) is 11.0. The highest BCUT2D eigenvalue weighted by atomic mass is 16.5. The van der Waals surface area contributed by atoms with E-state index in [9.17, 15) is 5.11 Å². The summed E-state index contributed by atoms with van der Waals surface area (Å²) in [5, 5.41) is 10.2. The van der Waals surface area contributed by atoms with E-state index in [-0.39, 0.29) is 0 Å². The highest BCUT2D eigenvalue weighted by molar-refractivity contribution is 5.49. The molecule has 0 bridgehead atoms. The van der Waals surface area contributed by atoms with Crippen molar-refractivity contribution in [1.29, 1.82) is 0 Å². The average Bonchev–Trinajstić information content (AvgIpc) is 2.37. The van der Waals surface area contributed by atoms with Crippen molar-refractivity contribution < 1.29 is 14.6 Å². The van der Waals surface area contributed by atoms with Crippen LogP contribution < -0.4 is 4.90 Å². The van der Waals surface area contributed by atoms with Crippen molar-refractivity contribution in [3.63, 3.8) is 0 Å². The van der Waals surface area contributed by atoms with Gasteiger partial charge in [0, 0.05) is 24.8 Å². The summed E-state index contributed by atoms with van der Waals surface area (Å²) in [5.41, 5.74) is 1.16. The minimum atomic E-state index is -0.795. The molecule has 1 radical (unpaired) electrons. The van der Waals surface area contributed by atoms with E-state index in [4.69, 9.17) is 9.47 Å². The molecule has 0 unspecified atom stereocenters. The maximum absolute atomic E-state index is 10.2. The van der Waals surface area contributed by atoms with Crippen molar-refractivity contribution in [3.8, 4) is 0 Å². The highest BCUT2D eigenvalue weighted by Crippen LogP contribution is 2.31. The number of benzene rings is 1. The van der Waals surface area contributed by atoms with Crippen molar-refractivity contribution in [2.45, 2.75) is 5.60 Å². The summed E-state index contributed by atoms with van der Waals surface area (Å²) in [7, 11) is 0. The second-order valence-electron chi connectivity index (χ2n) is 4.59. The first-order valence-electron chi connectivity index (χ1n) is 5.93. The molecule has 2 aliphatic rings. The van der Waals surface area contributed by atoms with Gasteiger partial charge in [-0.15, -0.1) is 0 Å². The van der Waals surface area contributed by atoms with Gasteiger partial charge in [-0.1, -0.05) is 12.1 Å². The third-order valence-electron chi connectivity index (χ3n) is 3.36. The lowest BCUT2D eigenvalue weighted by molar-refractivity contribution is -0.184. The van der Waals surface area contributed by atoms with Crippen molar-refractivity contribution in [1.82, 2.24) is 0 Å². The average molecular weight is 234 g/mol. The molecular weight excluding hydrogens is 218 g/mol. The van der Waals surface area contributed by atoms with Crippen LogP contribution in [0.4, 0.5) is 5.69 Å². The fourth-order valence-electron chi connectivity index (χ4n) is 2.19. The second-order valence-corrected chi connectivity index (χ2v) is 4.59. The molecule has 91 valence electrons. The fraction of sp³-hybridized carbons (Fsp3) is 0.538. The molecule has 1 aromatic carbocycles. The van der Waals surface area contributed by atoms with E-state index in [0.29, 0.717) is 13.2 Å². The number of hydrogen-bond acceptors (Lipinski definition) is 4. The summed E-state index contributed by atoms with van der Waals surface area (Å²) in [5.74, 6) is 0. The van der Waals surface area contributed by atoms with Crippen LogP contribution in [0.1, 0.15) is 5.56 Å². The molecule has 0 aliphatic carbocycles. The zero-order valence-corrected chi connectivity index (χ0v) is 9.69. The standard InChI is InChI=1S/C13H16NO3/c15-13(9-17-10-13)11-2-1-3-12(8-11)14-4-6-16-7-5-14/h1-2,8,15H,4-7,9-10H2. The summed E-state index contributed by atoms with van der Waals surface area (Å²) in [6, 6.07) is 9.01. The van der Waals surface area contributed by atoms with Crippen LogP contribution >= 0.6 is 0 Å². The Labute approximate surface area is 101 Å². The molecule has 2 saturated heterocycles. The predicted octanol–water partition coefficient (Wildman–Crippen LogP) is 0.541. The number of aliphatic hydroxyl groups is 1. The van der Waals surface area contributed by atoms with Crippen LogP contribution in [0.2, 0.25) is 0 Å². The second kappa shape index (κ2) is 4.29. The number of hydrogen-bond donors (Lipinski definition) is 1. The van der Waals surface area contributed by atoms with E-state index in [1.165, 1.54) is 0 Å². The predicted molar refractivity (Wildman–Crippen MR) is 63.0 cm³/mol. The molecule has 0 saturated carbocycles. The van der Waals surface area contributed by atoms with Gasteiger partial charge in [-0.2, -0.15) is 0 Å². The molecule has 0 atom stereocenters. The van der Waals surface area contributed by atoms with Gasteiger partial charge in [0.25, 0.3) is 0 Å². The van der Waals surface area contributed by atoms with Crippen LogP contribution in [-0.2, 0) is 15.1 Å². The van der Waals surface area contributed by atoms with Crippen molar-refractivity contribution in [2.24, 2.45) is 0 Å². The molecule has 0 amide bonds. The van der Waals surface area contributed by atoms with E-state index >= 15 is 0 Å². The first-order chi connectivity index (χ1) is 8.28. The molecule has 2 aliphatic heterocycles. The summed E-state index contributed by atoms with van der Waals surface area (Å²) < 4.78 is 10.4. The van der Waals surface area contributed by atoms with Gasteiger partial charge in [-0.05, 0) is 11.6 Å². The van der Waals surface area contributed by atoms with E-state index in [1.807, 2.05) is 18.2 Å². The minimum absolute atomic E-state index is 0.388. The largest absolute Gasteiger partial charge is 0.380 e. The SMILES string of the molecule is OC1(c2cc[c]c(N3CCOCC3)c2)COC1. The Kier molecular flexibility index (Phi) is 2.78. The Morgan fingerprint density at radius 2 is 2.00 bits per heavy atom. The van der Waals surface area contributed by atoms with Gasteiger partial charge in [-0.3, -0.25) is 0 Å². The Morgan fingerprint density at radius 3 is 2.65 bits per heavy atom. The maximum atomic E-state index is 10.2. The van der Waals surface area contributed by atoms with Gasteiger partial charge < -0.3 is 19.5 Å². The van der Waals surface area contributed by atoms with Crippen molar-refractivity contribution in [3.05, 3.63) is 29.8 Å². The summed E-state index contributed by atoms with van der Waals surface area (Å²) in [4.78, 5) is 2.23. The zero-order valence-electron chi connectivity index (χ0n) is 9.69. The zero-order chi connectivity index (χ0) is 11.7. The molecule has 2 fully saturated rings. The molecule has 0 aromatic heterocycles. The van der Waals surface area contributed by atoms with E-state index in [0.717, 1.165) is 37.6 Å². The fourth-order valence-corrected chi connectivity index (χ4v) is 2.19. The smallest absolute Gasteiger partial charge is 0.136 e. The monoisotopic (exact) mass is 234 g/mol. The molecule has 2 heterocycles. The molecule has 17 heavy (non-hydrogen) atoms. The Balaban J connectivity index is 1.83. The molecule has 0 spiro atoms. The number of morpholine rings is 1. The number of rotatable bonds is 2. The lowest BCUT2D eigenvalue weighted by atomic mass is 9.92. The van der Waals surface area contributed by atoms with Gasteiger partial charge in [0.2, 0.25) is 0 Å². The Hall–Kier alpha value is -1.10. The van der Waals surface area contributed by atoms with Gasteiger partial charge in [-0.25, -0.2) is 0 Å². The van der Waals surface area contributed by atoms with Crippen LogP contribution in [-0.4, -0.2) is 44.6 Å². The molecule has 4 nitrogen and oxygen atoms in total. The van der Waals surface area contributed by atoms with Crippen LogP contribution in [0.25, 0.3) is 0 Å². The molecule has 4 heteroatoms. The topological polar surface area (TPSA) is 41.9 Å². The number of anilines is 1. The van der Waals surface area contributed by atoms with Crippen molar-refractivity contribution >= 4 is 5.69 Å². The molecular formula is C13H16NO3. The van der Waals surface area contributed by atoms with Crippen molar-refractivity contribution in [2.75, 3.05) is 44.4 Å². The summed E-state index contributed by atoms with van der Waals surface area (Å²) in [6.45, 7) is 4.06. The van der Waals surface area contributed by atoms with Crippen LogP contribution in [0.15, 0.2) is 18.2 Å². The van der Waals surface area contributed by atoms with E-state index in [2.05, 4.69) is 11.0 Å². The minimum Gasteiger partial charge on any atom is -0.380 e. The summed E-state index contributed by atoms with van der Waals surface area (Å²) in [6.07, 6.45) is 0. The quantitative estimate of drug-likeness (QED) is 0.811. The third-order valence-corrected chi connectivity index (χ3v) is 3.36. The van der Waals surface area contributed by atoms with Gasteiger partial charge >= 0.3 is 0 Å². The van der Waals surface area contributed by atoms with Crippen LogP contribution in [0.5, 0.6) is 0 Å². The van der Waals surface area contributed by atoms with Gasteiger partial charge in [0.05, 0.1) is 26.4 Å². The first-order valence-corrected chi connectivity index (χ1v) is 5.93. The number of ether oxygens (including phenoxy) is 2. The van der Waals surface area contributed by atoms with Crippen LogP contribution in [0.3, 0.4) is 0 Å². The maximum Gasteiger partial charge on any atom is 0.136 e. The summed E-state index contributed by atoms with van der Waals surface area (Å²) >= 11 is 0. The Bertz CT molecular complexity index is 397. The number of nitrogens with zero attached hydrogens (tertiary/aromatic N) is 1. The normalized spacial score (nSPS) is 23.2. The van der Waals surface area contributed by atoms with Gasteiger partial charge in [0.15, 0.2) is 0 Å². The molecule has 1 N–H and O–H groups in total. The lowest BCUT2D eigenvalue weighted by Gasteiger charge is -2.37. The Morgan fingerprint density at radius 1 is 1.24 bits per heavy atom. The molecule has 3 rings (SSSR count).